The number of phenolic OH excluding ortho intramolecular Hbond substituents is 1. The van der Waals surface area contributed by atoms with Gasteiger partial charge < -0.3 is 10.2 Å². The van der Waals surface area contributed by atoms with Crippen molar-refractivity contribution >= 4 is 0 Å². The summed E-state index contributed by atoms with van der Waals surface area (Å²) in [5.74, 6) is 1.99. The van der Waals surface area contributed by atoms with Gasteiger partial charge in [0.25, 0.3) is 0 Å². The minimum Gasteiger partial charge on any atom is -0.508 e. The summed E-state index contributed by atoms with van der Waals surface area (Å²) < 4.78 is 0. The van der Waals surface area contributed by atoms with Gasteiger partial charge in [0.15, 0.2) is 0 Å². The number of aliphatic hydroxyl groups is 1. The van der Waals surface area contributed by atoms with E-state index in [1.807, 2.05) is 19.9 Å². The van der Waals surface area contributed by atoms with Crippen molar-refractivity contribution in [3.8, 4) is 5.75 Å². The minimum atomic E-state index is -0.383. The summed E-state index contributed by atoms with van der Waals surface area (Å²) in [6.45, 7) is 12.2. The van der Waals surface area contributed by atoms with Crippen molar-refractivity contribution in [2.45, 2.75) is 71.3 Å². The molecule has 1 aromatic carbocycles. The van der Waals surface area contributed by atoms with Gasteiger partial charge in [-0.2, -0.15) is 0 Å². The maximum absolute atomic E-state index is 10.0. The zero-order valence-electron chi connectivity index (χ0n) is 14.4. The lowest BCUT2D eigenvalue weighted by molar-refractivity contribution is 0.185. The maximum Gasteiger partial charge on any atom is 0.118 e. The summed E-state index contributed by atoms with van der Waals surface area (Å²) in [4.78, 5) is 0. The molecule has 4 atom stereocenters. The highest BCUT2D eigenvalue weighted by atomic mass is 16.3. The number of rotatable bonds is 5. The molecule has 1 aromatic rings. The van der Waals surface area contributed by atoms with Gasteiger partial charge in [0.1, 0.15) is 5.75 Å². The molecule has 2 nitrogen and oxygen atoms in total. The van der Waals surface area contributed by atoms with E-state index < -0.39 is 0 Å². The fourth-order valence-corrected chi connectivity index (χ4v) is 3.68. The molecule has 2 heteroatoms. The van der Waals surface area contributed by atoms with Gasteiger partial charge in [0.2, 0.25) is 0 Å². The Bertz CT molecular complexity index is 547. The van der Waals surface area contributed by atoms with Crippen LogP contribution in [0, 0.1) is 12.8 Å². The molecule has 4 unspecified atom stereocenters. The number of fused-ring (bicyclic) bond motifs is 1. The van der Waals surface area contributed by atoms with Crippen molar-refractivity contribution in [1.29, 1.82) is 0 Å². The minimum absolute atomic E-state index is 0.383. The lowest BCUT2D eigenvalue weighted by atomic mass is 9.71. The first-order chi connectivity index (χ1) is 10.3. The summed E-state index contributed by atoms with van der Waals surface area (Å²) in [6.07, 6.45) is 3.78. The van der Waals surface area contributed by atoms with Crippen molar-refractivity contribution in [2.75, 3.05) is 0 Å². The third-order valence-electron chi connectivity index (χ3n) is 5.39. The van der Waals surface area contributed by atoms with Crippen LogP contribution in [-0.4, -0.2) is 16.3 Å². The molecule has 0 aliphatic heterocycles. The van der Waals surface area contributed by atoms with Gasteiger partial charge in [-0.25, -0.2) is 0 Å². The first-order valence-electron chi connectivity index (χ1n) is 8.48. The Kier molecular flexibility index (Phi) is 5.33. The number of aliphatic hydroxyl groups excluding tert-OH is 1. The molecule has 0 saturated carbocycles. The molecule has 0 fully saturated rings. The smallest absolute Gasteiger partial charge is 0.118 e. The van der Waals surface area contributed by atoms with Gasteiger partial charge in [-0.15, -0.1) is 0 Å². The molecule has 0 aromatic heterocycles. The molecule has 2 rings (SSSR count). The Labute approximate surface area is 134 Å². The van der Waals surface area contributed by atoms with E-state index in [9.17, 15) is 10.2 Å². The van der Waals surface area contributed by atoms with Gasteiger partial charge in [-0.05, 0) is 80.0 Å². The molecule has 0 amide bonds. The summed E-state index contributed by atoms with van der Waals surface area (Å²) in [5.41, 5.74) is 4.54. The largest absolute Gasteiger partial charge is 0.508 e. The van der Waals surface area contributed by atoms with Crippen LogP contribution in [0.4, 0.5) is 0 Å². The topological polar surface area (TPSA) is 40.5 Å². The average molecular weight is 302 g/mol. The third kappa shape index (κ3) is 3.55. The monoisotopic (exact) mass is 302 g/mol. The zero-order chi connectivity index (χ0) is 16.4. The Morgan fingerprint density at radius 2 is 1.95 bits per heavy atom. The number of phenols is 1. The Hall–Kier alpha value is -1.28. The number of hydrogen-bond donors (Lipinski definition) is 2. The van der Waals surface area contributed by atoms with E-state index in [1.165, 1.54) is 24.0 Å². The summed E-state index contributed by atoms with van der Waals surface area (Å²) >= 11 is 0. The second-order valence-electron chi connectivity index (χ2n) is 7.27. The quantitative estimate of drug-likeness (QED) is 0.748. The summed E-state index contributed by atoms with van der Waals surface area (Å²) in [5, 5.41) is 20.0. The first kappa shape index (κ1) is 17.1. The molecular formula is C20H30O2. The molecule has 0 heterocycles. The Morgan fingerprint density at radius 1 is 1.27 bits per heavy atom. The van der Waals surface area contributed by atoms with E-state index in [4.69, 9.17) is 0 Å². The van der Waals surface area contributed by atoms with Crippen molar-refractivity contribution in [3.05, 3.63) is 41.0 Å². The molecule has 0 bridgehead atoms. The number of aromatic hydroxyl groups is 1. The molecule has 0 saturated heterocycles. The van der Waals surface area contributed by atoms with Crippen LogP contribution in [-0.2, 0) is 0 Å². The van der Waals surface area contributed by atoms with Crippen LogP contribution < -0.4 is 0 Å². The highest BCUT2D eigenvalue weighted by Crippen LogP contribution is 2.45. The summed E-state index contributed by atoms with van der Waals surface area (Å²) in [7, 11) is 0. The van der Waals surface area contributed by atoms with Crippen LogP contribution >= 0.6 is 0 Å². The molecule has 122 valence electrons. The molecule has 2 N–H and O–H groups in total. The van der Waals surface area contributed by atoms with E-state index in [0.29, 0.717) is 23.5 Å². The summed E-state index contributed by atoms with van der Waals surface area (Å²) in [6, 6.07) is 4.15. The van der Waals surface area contributed by atoms with Gasteiger partial charge in [-0.3, -0.25) is 0 Å². The Morgan fingerprint density at radius 3 is 2.59 bits per heavy atom. The van der Waals surface area contributed by atoms with Gasteiger partial charge in [0, 0.05) is 0 Å². The third-order valence-corrected chi connectivity index (χ3v) is 5.39. The lowest BCUT2D eigenvalue weighted by Crippen LogP contribution is -2.20. The van der Waals surface area contributed by atoms with Crippen molar-refractivity contribution in [2.24, 2.45) is 5.92 Å². The van der Waals surface area contributed by atoms with E-state index in [0.717, 1.165) is 24.0 Å². The van der Waals surface area contributed by atoms with Gasteiger partial charge in [-0.1, -0.05) is 32.1 Å². The van der Waals surface area contributed by atoms with Crippen LogP contribution in [0.25, 0.3) is 0 Å². The second-order valence-corrected chi connectivity index (χ2v) is 7.27. The Balaban J connectivity index is 2.18. The molecule has 22 heavy (non-hydrogen) atoms. The van der Waals surface area contributed by atoms with E-state index in [-0.39, 0.29) is 6.10 Å². The normalized spacial score (nSPS) is 23.7. The van der Waals surface area contributed by atoms with Gasteiger partial charge >= 0.3 is 0 Å². The fraction of sp³-hybridized carbons (Fsp3) is 0.600. The van der Waals surface area contributed by atoms with Crippen LogP contribution in [0.5, 0.6) is 5.75 Å². The molecular weight excluding hydrogens is 272 g/mol. The molecule has 0 radical (unpaired) electrons. The van der Waals surface area contributed by atoms with Crippen LogP contribution in [0.15, 0.2) is 24.3 Å². The van der Waals surface area contributed by atoms with Crippen LogP contribution in [0.3, 0.4) is 0 Å². The van der Waals surface area contributed by atoms with Crippen molar-refractivity contribution in [3.63, 3.8) is 0 Å². The van der Waals surface area contributed by atoms with E-state index in [2.05, 4.69) is 26.5 Å². The van der Waals surface area contributed by atoms with Crippen molar-refractivity contribution in [1.82, 2.24) is 0 Å². The van der Waals surface area contributed by atoms with Crippen LogP contribution in [0.2, 0.25) is 0 Å². The predicted molar refractivity (Wildman–Crippen MR) is 92.5 cm³/mol. The second kappa shape index (κ2) is 6.87. The SMILES string of the molecule is C=C(C)C(O)CCC(C)C1CCC(C)c2cc(O)c(C)cc21. The average Bonchev–Trinajstić information content (AvgIpc) is 2.46. The first-order valence-corrected chi connectivity index (χ1v) is 8.48. The molecule has 1 aliphatic carbocycles. The predicted octanol–water partition coefficient (Wildman–Crippen LogP) is 5.03. The highest BCUT2D eigenvalue weighted by molar-refractivity contribution is 5.45. The number of hydrogen-bond acceptors (Lipinski definition) is 2. The molecule has 1 aliphatic rings. The van der Waals surface area contributed by atoms with Crippen molar-refractivity contribution < 1.29 is 10.2 Å². The molecule has 0 spiro atoms. The fourth-order valence-electron chi connectivity index (χ4n) is 3.68. The number of aryl methyl sites for hydroxylation is 1. The zero-order valence-corrected chi connectivity index (χ0v) is 14.4. The highest BCUT2D eigenvalue weighted by Gasteiger charge is 2.29. The van der Waals surface area contributed by atoms with E-state index >= 15 is 0 Å². The van der Waals surface area contributed by atoms with Crippen LogP contribution in [0.1, 0.15) is 75.0 Å². The number of benzene rings is 1. The van der Waals surface area contributed by atoms with Gasteiger partial charge in [0.05, 0.1) is 6.10 Å². The standard InChI is InChI=1S/C20H30O2/c1-12(2)19(21)9-7-13(3)16-8-6-14(4)17-11-20(22)15(5)10-18(16)17/h10-11,13-14,16,19,21-22H,1,6-9H2,2-5H3. The van der Waals surface area contributed by atoms with E-state index in [1.54, 1.807) is 0 Å². The lowest BCUT2D eigenvalue weighted by Gasteiger charge is -2.34. The maximum atomic E-state index is 10.0.